The van der Waals surface area contributed by atoms with Crippen LogP contribution in [-0.4, -0.2) is 6.54 Å². The Balaban J connectivity index is 0.000000845. The molecule has 0 spiro atoms. The molecule has 0 aliphatic carbocycles. The van der Waals surface area contributed by atoms with E-state index in [0.717, 1.165) is 6.54 Å². The van der Waals surface area contributed by atoms with E-state index in [1.807, 2.05) is 0 Å². The van der Waals surface area contributed by atoms with Gasteiger partial charge in [0.2, 0.25) is 0 Å². The average Bonchev–Trinajstić information content (AvgIpc) is 2.49. The summed E-state index contributed by atoms with van der Waals surface area (Å²) in [6, 6.07) is 6.76. The molecule has 0 radical (unpaired) electrons. The van der Waals surface area contributed by atoms with Crippen LogP contribution in [0.2, 0.25) is 0 Å². The maximum Gasteiger partial charge on any atom is 0.0373 e. The third-order valence-corrected chi connectivity index (χ3v) is 2.51. The SMILES string of the molecule is C.CC(C)c1ccc2c(c1)CCN2. The van der Waals surface area contributed by atoms with Crippen LogP contribution in [0.15, 0.2) is 18.2 Å². The van der Waals surface area contributed by atoms with Crippen LogP contribution >= 0.6 is 0 Å². The molecule has 0 unspecified atom stereocenters. The molecule has 1 heterocycles. The van der Waals surface area contributed by atoms with Crippen LogP contribution in [0.4, 0.5) is 5.69 Å². The monoisotopic (exact) mass is 177 g/mol. The van der Waals surface area contributed by atoms with Crippen LogP contribution < -0.4 is 5.32 Å². The third kappa shape index (κ3) is 1.85. The van der Waals surface area contributed by atoms with Crippen molar-refractivity contribution < 1.29 is 0 Å². The van der Waals surface area contributed by atoms with E-state index in [4.69, 9.17) is 0 Å². The van der Waals surface area contributed by atoms with Crippen molar-refractivity contribution in [3.63, 3.8) is 0 Å². The first-order valence-corrected chi connectivity index (χ1v) is 4.64. The van der Waals surface area contributed by atoms with Gasteiger partial charge in [0.1, 0.15) is 0 Å². The van der Waals surface area contributed by atoms with Gasteiger partial charge in [-0.05, 0) is 29.5 Å². The van der Waals surface area contributed by atoms with E-state index in [9.17, 15) is 0 Å². The normalized spacial score (nSPS) is 13.5. The largest absolute Gasteiger partial charge is 0.384 e. The van der Waals surface area contributed by atoms with Gasteiger partial charge in [-0.25, -0.2) is 0 Å². The molecular formula is C12H19N. The summed E-state index contributed by atoms with van der Waals surface area (Å²) in [6.07, 6.45) is 1.19. The van der Waals surface area contributed by atoms with E-state index in [0.29, 0.717) is 5.92 Å². The van der Waals surface area contributed by atoms with Crippen LogP contribution in [0.25, 0.3) is 0 Å². The quantitative estimate of drug-likeness (QED) is 0.693. The van der Waals surface area contributed by atoms with Gasteiger partial charge in [-0.1, -0.05) is 33.4 Å². The molecule has 0 atom stereocenters. The molecule has 1 heteroatoms. The lowest BCUT2D eigenvalue weighted by atomic mass is 10.00. The highest BCUT2D eigenvalue weighted by Gasteiger charge is 2.10. The van der Waals surface area contributed by atoms with E-state index in [1.165, 1.54) is 23.2 Å². The van der Waals surface area contributed by atoms with E-state index < -0.39 is 0 Å². The second-order valence-electron chi connectivity index (χ2n) is 3.75. The number of fused-ring (bicyclic) bond motifs is 1. The highest BCUT2D eigenvalue weighted by Crippen LogP contribution is 2.25. The predicted molar refractivity (Wildman–Crippen MR) is 59.5 cm³/mol. The van der Waals surface area contributed by atoms with Crippen molar-refractivity contribution in [2.45, 2.75) is 33.6 Å². The van der Waals surface area contributed by atoms with Crippen molar-refractivity contribution in [3.05, 3.63) is 29.3 Å². The first kappa shape index (κ1) is 10.1. The molecule has 0 aromatic heterocycles. The lowest BCUT2D eigenvalue weighted by molar-refractivity contribution is 0.864. The fourth-order valence-corrected chi connectivity index (χ4v) is 1.68. The van der Waals surface area contributed by atoms with E-state index >= 15 is 0 Å². The second kappa shape index (κ2) is 3.82. The molecule has 13 heavy (non-hydrogen) atoms. The molecule has 1 aromatic carbocycles. The fourth-order valence-electron chi connectivity index (χ4n) is 1.68. The molecule has 1 aromatic rings. The molecule has 1 nitrogen and oxygen atoms in total. The van der Waals surface area contributed by atoms with Gasteiger partial charge < -0.3 is 5.32 Å². The molecule has 1 aliphatic heterocycles. The zero-order chi connectivity index (χ0) is 8.55. The highest BCUT2D eigenvalue weighted by molar-refractivity contribution is 5.56. The van der Waals surface area contributed by atoms with Gasteiger partial charge >= 0.3 is 0 Å². The predicted octanol–water partition coefficient (Wildman–Crippen LogP) is 3.41. The molecular weight excluding hydrogens is 158 g/mol. The highest BCUT2D eigenvalue weighted by atomic mass is 14.9. The Kier molecular flexibility index (Phi) is 2.97. The average molecular weight is 177 g/mol. The molecule has 2 rings (SSSR count). The summed E-state index contributed by atoms with van der Waals surface area (Å²) in [5.74, 6) is 0.649. The van der Waals surface area contributed by atoms with Gasteiger partial charge in [-0.15, -0.1) is 0 Å². The summed E-state index contributed by atoms with van der Waals surface area (Å²) in [5, 5.41) is 3.37. The molecule has 0 bridgehead atoms. The van der Waals surface area contributed by atoms with Gasteiger partial charge in [-0.3, -0.25) is 0 Å². The summed E-state index contributed by atoms with van der Waals surface area (Å²) in [6.45, 7) is 5.59. The van der Waals surface area contributed by atoms with Crippen LogP contribution in [0.3, 0.4) is 0 Å². The smallest absolute Gasteiger partial charge is 0.0373 e. The van der Waals surface area contributed by atoms with Crippen molar-refractivity contribution in [2.75, 3.05) is 11.9 Å². The Morgan fingerprint density at radius 1 is 1.31 bits per heavy atom. The molecule has 0 amide bonds. The van der Waals surface area contributed by atoms with E-state index in [1.54, 1.807) is 0 Å². The molecule has 0 saturated carbocycles. The standard InChI is InChI=1S/C11H15N.CH4/c1-8(2)9-3-4-11-10(7-9)5-6-12-11;/h3-4,7-8,12H,5-6H2,1-2H3;1H4. The van der Waals surface area contributed by atoms with Crippen molar-refractivity contribution in [1.29, 1.82) is 0 Å². The zero-order valence-electron chi connectivity index (χ0n) is 7.72. The maximum atomic E-state index is 3.37. The maximum absolute atomic E-state index is 3.37. The van der Waals surface area contributed by atoms with Crippen molar-refractivity contribution in [2.24, 2.45) is 0 Å². The van der Waals surface area contributed by atoms with Gasteiger partial charge in [0.05, 0.1) is 0 Å². The first-order chi connectivity index (χ1) is 5.77. The van der Waals surface area contributed by atoms with Gasteiger partial charge in [0.15, 0.2) is 0 Å². The summed E-state index contributed by atoms with van der Waals surface area (Å²) in [5.41, 5.74) is 4.28. The minimum atomic E-state index is 0. The summed E-state index contributed by atoms with van der Waals surface area (Å²) in [7, 11) is 0. The fraction of sp³-hybridized carbons (Fsp3) is 0.500. The molecule has 0 fully saturated rings. The Bertz CT molecular complexity index is 289. The number of nitrogens with one attached hydrogen (secondary N) is 1. The van der Waals surface area contributed by atoms with Gasteiger partial charge in [0, 0.05) is 12.2 Å². The summed E-state index contributed by atoms with van der Waals surface area (Å²) >= 11 is 0. The number of hydrogen-bond acceptors (Lipinski definition) is 1. The van der Waals surface area contributed by atoms with Gasteiger partial charge in [-0.2, -0.15) is 0 Å². The molecule has 72 valence electrons. The number of hydrogen-bond donors (Lipinski definition) is 1. The van der Waals surface area contributed by atoms with Crippen molar-refractivity contribution >= 4 is 5.69 Å². The Morgan fingerprint density at radius 3 is 2.77 bits per heavy atom. The minimum absolute atomic E-state index is 0. The molecule has 1 aliphatic rings. The topological polar surface area (TPSA) is 12.0 Å². The molecule has 1 N–H and O–H groups in total. The second-order valence-corrected chi connectivity index (χ2v) is 3.75. The van der Waals surface area contributed by atoms with Gasteiger partial charge in [0.25, 0.3) is 0 Å². The van der Waals surface area contributed by atoms with Crippen LogP contribution in [0.1, 0.15) is 38.3 Å². The van der Waals surface area contributed by atoms with E-state index in [-0.39, 0.29) is 7.43 Å². The minimum Gasteiger partial charge on any atom is -0.384 e. The lowest BCUT2D eigenvalue weighted by Gasteiger charge is -2.07. The van der Waals surface area contributed by atoms with Crippen molar-refractivity contribution in [1.82, 2.24) is 0 Å². The number of rotatable bonds is 1. The Morgan fingerprint density at radius 2 is 2.08 bits per heavy atom. The zero-order valence-corrected chi connectivity index (χ0v) is 7.72. The Hall–Kier alpha value is -0.980. The molecule has 0 saturated heterocycles. The van der Waals surface area contributed by atoms with Crippen LogP contribution in [0, 0.1) is 0 Å². The number of benzene rings is 1. The Labute approximate surface area is 81.2 Å². The number of anilines is 1. The van der Waals surface area contributed by atoms with Crippen LogP contribution in [-0.2, 0) is 6.42 Å². The van der Waals surface area contributed by atoms with Crippen LogP contribution in [0.5, 0.6) is 0 Å². The first-order valence-electron chi connectivity index (χ1n) is 4.64. The van der Waals surface area contributed by atoms with E-state index in [2.05, 4.69) is 37.4 Å². The summed E-state index contributed by atoms with van der Waals surface area (Å²) < 4.78 is 0. The lowest BCUT2D eigenvalue weighted by Crippen LogP contribution is -1.90. The van der Waals surface area contributed by atoms with Crippen molar-refractivity contribution in [3.8, 4) is 0 Å². The summed E-state index contributed by atoms with van der Waals surface area (Å²) in [4.78, 5) is 0. The third-order valence-electron chi connectivity index (χ3n) is 2.51.